The summed E-state index contributed by atoms with van der Waals surface area (Å²) >= 11 is 0. The van der Waals surface area contributed by atoms with Crippen LogP contribution in [0.1, 0.15) is 17.3 Å². The van der Waals surface area contributed by atoms with E-state index in [1.54, 1.807) is 30.5 Å². The van der Waals surface area contributed by atoms with E-state index in [1.807, 2.05) is 0 Å². The lowest BCUT2D eigenvalue weighted by molar-refractivity contribution is -0.114. The van der Waals surface area contributed by atoms with Crippen LogP contribution in [0.25, 0.3) is 11.1 Å². The van der Waals surface area contributed by atoms with Gasteiger partial charge >= 0.3 is 6.03 Å². The Morgan fingerprint density at radius 1 is 0.897 bits per heavy atom. The zero-order chi connectivity index (χ0) is 21.0. The number of hydrogen-bond donors (Lipinski definition) is 5. The lowest BCUT2D eigenvalue weighted by atomic mass is 10.0. The molecule has 0 saturated carbocycles. The Bertz CT molecular complexity index is 1060. The number of nitrogens with one attached hydrogen (secondary N) is 4. The van der Waals surface area contributed by atoms with Crippen molar-refractivity contribution >= 4 is 35.0 Å². The minimum atomic E-state index is -0.689. The Kier molecular flexibility index (Phi) is 5.59. The van der Waals surface area contributed by atoms with Gasteiger partial charge in [-0.15, -0.1) is 0 Å². The Hall–Kier alpha value is -4.14. The normalized spacial score (nSPS) is 10.3. The molecule has 9 heteroatoms. The maximum Gasteiger partial charge on any atom is 0.323 e. The Morgan fingerprint density at radius 2 is 1.45 bits per heavy atom. The molecule has 29 heavy (non-hydrogen) atoms. The standard InChI is InChI=1S/C20H18FN5O3/c1-11(27)24-19-17(18(22)28)16(10-23-19)12-2-6-14(7-3-12)25-20(29)26-15-8-4-13(21)5-9-15/h2-10,23H,1H3,(H2,22,28)(H,24,27)(H2,25,26,29). The summed E-state index contributed by atoms with van der Waals surface area (Å²) in [7, 11) is 0. The number of primary amides is 1. The smallest absolute Gasteiger partial charge is 0.323 e. The van der Waals surface area contributed by atoms with E-state index >= 15 is 0 Å². The monoisotopic (exact) mass is 395 g/mol. The molecule has 148 valence electrons. The van der Waals surface area contributed by atoms with Crippen LogP contribution in [0.3, 0.4) is 0 Å². The summed E-state index contributed by atoms with van der Waals surface area (Å²) in [5.74, 6) is -1.20. The first-order chi connectivity index (χ1) is 13.8. The van der Waals surface area contributed by atoms with E-state index in [9.17, 15) is 18.8 Å². The van der Waals surface area contributed by atoms with Gasteiger partial charge in [-0.25, -0.2) is 9.18 Å². The van der Waals surface area contributed by atoms with Gasteiger partial charge in [0.1, 0.15) is 11.6 Å². The number of nitrogens with two attached hydrogens (primary N) is 1. The van der Waals surface area contributed by atoms with E-state index in [0.717, 1.165) is 0 Å². The lowest BCUT2D eigenvalue weighted by Crippen LogP contribution is -2.19. The van der Waals surface area contributed by atoms with Gasteiger partial charge in [-0.05, 0) is 42.0 Å². The molecule has 0 saturated heterocycles. The molecular weight excluding hydrogens is 377 g/mol. The maximum atomic E-state index is 12.9. The van der Waals surface area contributed by atoms with E-state index in [0.29, 0.717) is 22.5 Å². The van der Waals surface area contributed by atoms with Crippen molar-refractivity contribution in [3.8, 4) is 11.1 Å². The molecule has 2 aromatic carbocycles. The summed E-state index contributed by atoms with van der Waals surface area (Å²) < 4.78 is 12.9. The second-order valence-electron chi connectivity index (χ2n) is 6.16. The van der Waals surface area contributed by atoms with Crippen LogP contribution in [0.5, 0.6) is 0 Å². The van der Waals surface area contributed by atoms with Gasteiger partial charge in [0.15, 0.2) is 0 Å². The number of anilines is 3. The molecule has 0 radical (unpaired) electrons. The predicted molar refractivity (Wildman–Crippen MR) is 108 cm³/mol. The number of H-pyrrole nitrogens is 1. The molecule has 1 aromatic heterocycles. The topological polar surface area (TPSA) is 129 Å². The number of hydrogen-bond acceptors (Lipinski definition) is 3. The van der Waals surface area contributed by atoms with Crippen molar-refractivity contribution in [1.82, 2.24) is 4.98 Å². The van der Waals surface area contributed by atoms with Crippen molar-refractivity contribution in [3.63, 3.8) is 0 Å². The van der Waals surface area contributed by atoms with Crippen LogP contribution in [-0.2, 0) is 4.79 Å². The summed E-state index contributed by atoms with van der Waals surface area (Å²) in [4.78, 5) is 38.0. The Morgan fingerprint density at radius 3 is 1.97 bits per heavy atom. The van der Waals surface area contributed by atoms with Gasteiger partial charge in [-0.1, -0.05) is 12.1 Å². The summed E-state index contributed by atoms with van der Waals surface area (Å²) in [6, 6.07) is 11.6. The molecule has 0 aliphatic heterocycles. The fraction of sp³-hybridized carbons (Fsp3) is 0.0500. The molecule has 0 fully saturated rings. The molecule has 1 heterocycles. The van der Waals surface area contributed by atoms with Crippen LogP contribution in [-0.4, -0.2) is 22.8 Å². The zero-order valence-electron chi connectivity index (χ0n) is 15.4. The van der Waals surface area contributed by atoms with Gasteiger partial charge in [0.05, 0.1) is 5.56 Å². The van der Waals surface area contributed by atoms with Crippen molar-refractivity contribution in [2.75, 3.05) is 16.0 Å². The third kappa shape index (κ3) is 4.78. The number of amides is 4. The molecule has 6 N–H and O–H groups in total. The fourth-order valence-corrected chi connectivity index (χ4v) is 2.74. The van der Waals surface area contributed by atoms with Gasteiger partial charge in [-0.3, -0.25) is 9.59 Å². The first-order valence-corrected chi connectivity index (χ1v) is 8.56. The van der Waals surface area contributed by atoms with Crippen molar-refractivity contribution in [2.45, 2.75) is 6.92 Å². The van der Waals surface area contributed by atoms with Crippen molar-refractivity contribution < 1.29 is 18.8 Å². The highest BCUT2D eigenvalue weighted by Gasteiger charge is 2.18. The number of halogens is 1. The van der Waals surface area contributed by atoms with Crippen LogP contribution >= 0.6 is 0 Å². The highest BCUT2D eigenvalue weighted by Crippen LogP contribution is 2.30. The molecule has 3 aromatic rings. The second-order valence-corrected chi connectivity index (χ2v) is 6.16. The van der Waals surface area contributed by atoms with Crippen LogP contribution in [0.2, 0.25) is 0 Å². The minimum absolute atomic E-state index is 0.162. The van der Waals surface area contributed by atoms with Crippen LogP contribution in [0, 0.1) is 5.82 Å². The average molecular weight is 395 g/mol. The molecule has 0 aliphatic rings. The van der Waals surface area contributed by atoms with E-state index in [4.69, 9.17) is 5.73 Å². The third-order valence-corrected chi connectivity index (χ3v) is 3.98. The van der Waals surface area contributed by atoms with E-state index in [-0.39, 0.29) is 17.3 Å². The molecule has 0 spiro atoms. The number of aromatic nitrogens is 1. The van der Waals surface area contributed by atoms with Gasteiger partial charge in [-0.2, -0.15) is 0 Å². The van der Waals surface area contributed by atoms with Gasteiger partial charge in [0.25, 0.3) is 5.91 Å². The molecule has 0 unspecified atom stereocenters. The molecular formula is C20H18FN5O3. The van der Waals surface area contributed by atoms with Gasteiger partial charge in [0.2, 0.25) is 5.91 Å². The van der Waals surface area contributed by atoms with Crippen molar-refractivity contribution in [2.24, 2.45) is 5.73 Å². The summed E-state index contributed by atoms with van der Waals surface area (Å²) in [6.07, 6.45) is 1.56. The minimum Gasteiger partial charge on any atom is -0.365 e. The highest BCUT2D eigenvalue weighted by molar-refractivity contribution is 6.07. The number of carbonyl (C=O) groups excluding carboxylic acids is 3. The first kappa shape index (κ1) is 19.6. The van der Waals surface area contributed by atoms with E-state index in [2.05, 4.69) is 20.9 Å². The molecule has 0 aliphatic carbocycles. The number of urea groups is 1. The maximum absolute atomic E-state index is 12.9. The lowest BCUT2D eigenvalue weighted by Gasteiger charge is -2.09. The molecule has 0 bridgehead atoms. The highest BCUT2D eigenvalue weighted by atomic mass is 19.1. The van der Waals surface area contributed by atoms with Gasteiger partial charge in [0, 0.05) is 30.1 Å². The Balaban J connectivity index is 1.74. The zero-order valence-corrected chi connectivity index (χ0v) is 15.4. The quantitative estimate of drug-likeness (QED) is 0.453. The summed E-state index contributed by atoms with van der Waals surface area (Å²) in [5, 5.41) is 7.76. The molecule has 3 rings (SSSR count). The summed E-state index contributed by atoms with van der Waals surface area (Å²) in [5.41, 5.74) is 7.75. The summed E-state index contributed by atoms with van der Waals surface area (Å²) in [6.45, 7) is 1.32. The number of aromatic amines is 1. The van der Waals surface area contributed by atoms with E-state index in [1.165, 1.54) is 31.2 Å². The third-order valence-electron chi connectivity index (χ3n) is 3.98. The van der Waals surface area contributed by atoms with E-state index < -0.39 is 17.8 Å². The largest absolute Gasteiger partial charge is 0.365 e. The van der Waals surface area contributed by atoms with Crippen molar-refractivity contribution in [3.05, 3.63) is 66.1 Å². The Labute approximate surface area is 165 Å². The van der Waals surface area contributed by atoms with Crippen LogP contribution in [0.4, 0.5) is 26.4 Å². The van der Waals surface area contributed by atoms with Crippen LogP contribution < -0.4 is 21.7 Å². The predicted octanol–water partition coefficient (Wildman–Crippen LogP) is 3.52. The average Bonchev–Trinajstić information content (AvgIpc) is 3.07. The second kappa shape index (κ2) is 8.26. The van der Waals surface area contributed by atoms with Crippen LogP contribution in [0.15, 0.2) is 54.7 Å². The van der Waals surface area contributed by atoms with Crippen molar-refractivity contribution in [1.29, 1.82) is 0 Å². The van der Waals surface area contributed by atoms with Gasteiger partial charge < -0.3 is 26.7 Å². The molecule has 0 atom stereocenters. The first-order valence-electron chi connectivity index (χ1n) is 8.56. The molecule has 4 amide bonds. The fourth-order valence-electron chi connectivity index (χ4n) is 2.74. The number of carbonyl (C=O) groups is 3. The number of rotatable bonds is 5. The number of benzene rings is 2. The molecule has 8 nitrogen and oxygen atoms in total. The SMILES string of the molecule is CC(=O)Nc1[nH]cc(-c2ccc(NC(=O)Nc3ccc(F)cc3)cc2)c1C(N)=O.